The number of nitrogens with zero attached hydrogens (tertiary/aromatic N) is 1. The Labute approximate surface area is 179 Å². The first-order valence-corrected chi connectivity index (χ1v) is 11.1. The number of hydrogen-bond acceptors (Lipinski definition) is 4. The van der Waals surface area contributed by atoms with Gasteiger partial charge in [-0.15, -0.1) is 0 Å². The number of amides is 1. The van der Waals surface area contributed by atoms with Crippen LogP contribution in [0, 0.1) is 13.8 Å². The van der Waals surface area contributed by atoms with Crippen LogP contribution in [0.1, 0.15) is 86.5 Å². The number of rotatable bonds is 9. The van der Waals surface area contributed by atoms with Crippen molar-refractivity contribution in [1.29, 1.82) is 0 Å². The predicted octanol–water partition coefficient (Wildman–Crippen LogP) is 4.17. The highest BCUT2D eigenvalue weighted by Gasteiger charge is 2.33. The molecule has 1 atom stereocenters. The monoisotopic (exact) mass is 414 g/mol. The van der Waals surface area contributed by atoms with Gasteiger partial charge in [-0.3, -0.25) is 14.4 Å². The summed E-state index contributed by atoms with van der Waals surface area (Å²) < 4.78 is 7.42. The van der Waals surface area contributed by atoms with Gasteiger partial charge in [0.15, 0.2) is 6.61 Å². The van der Waals surface area contributed by atoms with Crippen molar-refractivity contribution in [1.82, 2.24) is 9.88 Å². The molecule has 1 saturated heterocycles. The van der Waals surface area contributed by atoms with E-state index in [2.05, 4.69) is 16.0 Å². The number of carbonyl (C=O) groups excluding carboxylic acids is 3. The van der Waals surface area contributed by atoms with Crippen molar-refractivity contribution in [3.8, 4) is 0 Å². The largest absolute Gasteiger partial charge is 0.457 e. The summed E-state index contributed by atoms with van der Waals surface area (Å²) in [6.07, 6.45) is 10.2. The van der Waals surface area contributed by atoms with Gasteiger partial charge >= 0.3 is 5.97 Å². The lowest BCUT2D eigenvalue weighted by atomic mass is 9.94. The third-order valence-corrected chi connectivity index (χ3v) is 6.51. The highest BCUT2D eigenvalue weighted by atomic mass is 16.5. The van der Waals surface area contributed by atoms with E-state index in [4.69, 9.17) is 4.74 Å². The maximum Gasteiger partial charge on any atom is 0.306 e. The van der Waals surface area contributed by atoms with Crippen LogP contribution in [0.15, 0.2) is 17.7 Å². The first kappa shape index (κ1) is 22.3. The summed E-state index contributed by atoms with van der Waals surface area (Å²) in [5.74, 6) is -0.542. The molecule has 6 heteroatoms. The number of aryl methyl sites for hydroxylation is 1. The molecule has 1 N–H and O–H groups in total. The lowest BCUT2D eigenvalue weighted by molar-refractivity contribution is -0.143. The topological polar surface area (TPSA) is 77.4 Å². The highest BCUT2D eigenvalue weighted by Crippen LogP contribution is 2.25. The summed E-state index contributed by atoms with van der Waals surface area (Å²) in [5, 5.41) is 2.91. The molecule has 0 radical (unpaired) electrons. The van der Waals surface area contributed by atoms with E-state index >= 15 is 0 Å². The van der Waals surface area contributed by atoms with Crippen LogP contribution in [0.3, 0.4) is 0 Å². The minimum absolute atomic E-state index is 0.0242. The van der Waals surface area contributed by atoms with E-state index in [0.29, 0.717) is 18.4 Å². The fourth-order valence-electron chi connectivity index (χ4n) is 4.53. The molecule has 0 unspecified atom stereocenters. The van der Waals surface area contributed by atoms with Crippen molar-refractivity contribution in [3.63, 3.8) is 0 Å². The average Bonchev–Trinajstić information content (AvgIpc) is 3.22. The first-order valence-electron chi connectivity index (χ1n) is 11.1. The Kier molecular flexibility index (Phi) is 7.16. The molecule has 1 fully saturated rings. The predicted molar refractivity (Wildman–Crippen MR) is 115 cm³/mol. The summed E-state index contributed by atoms with van der Waals surface area (Å²) >= 11 is 0. The van der Waals surface area contributed by atoms with Crippen molar-refractivity contribution < 1.29 is 19.1 Å². The third kappa shape index (κ3) is 5.61. The molecule has 1 aliphatic carbocycles. The molecule has 3 rings (SSSR count). The Bertz CT molecular complexity index is 852. The Balaban J connectivity index is 1.49. The number of allylic oxidation sites excluding steroid dienone is 2. The zero-order valence-corrected chi connectivity index (χ0v) is 18.5. The molecule has 0 bridgehead atoms. The van der Waals surface area contributed by atoms with Crippen LogP contribution in [0.25, 0.3) is 0 Å². The maximum absolute atomic E-state index is 12.6. The van der Waals surface area contributed by atoms with Gasteiger partial charge in [0.05, 0.1) is 0 Å². The quantitative estimate of drug-likeness (QED) is 0.374. The van der Waals surface area contributed by atoms with Crippen LogP contribution in [0.4, 0.5) is 0 Å². The van der Waals surface area contributed by atoms with Crippen LogP contribution in [0.2, 0.25) is 0 Å². The minimum atomic E-state index is -0.399. The van der Waals surface area contributed by atoms with Gasteiger partial charge < -0.3 is 14.6 Å². The summed E-state index contributed by atoms with van der Waals surface area (Å²) in [4.78, 5) is 36.1. The van der Waals surface area contributed by atoms with Crippen molar-refractivity contribution in [2.75, 3.05) is 6.61 Å². The smallest absolute Gasteiger partial charge is 0.306 e. The SMILES string of the molecule is Cc1cc(C(=O)COC(=O)CC[C@]2(C)CCC(=O)N2)c(C)n1CCC1=CCCCC1. The Morgan fingerprint density at radius 1 is 1.23 bits per heavy atom. The fourth-order valence-corrected chi connectivity index (χ4v) is 4.53. The minimum Gasteiger partial charge on any atom is -0.457 e. The Morgan fingerprint density at radius 3 is 2.70 bits per heavy atom. The second-order valence-corrected chi connectivity index (χ2v) is 8.99. The number of aromatic nitrogens is 1. The second-order valence-electron chi connectivity index (χ2n) is 8.99. The van der Waals surface area contributed by atoms with Gasteiger partial charge in [0.25, 0.3) is 0 Å². The van der Waals surface area contributed by atoms with Gasteiger partial charge in [0.1, 0.15) is 0 Å². The summed E-state index contributed by atoms with van der Waals surface area (Å²) in [7, 11) is 0. The zero-order chi connectivity index (χ0) is 21.7. The molecule has 1 aromatic rings. The van der Waals surface area contributed by atoms with Gasteiger partial charge in [0.2, 0.25) is 11.7 Å². The van der Waals surface area contributed by atoms with Crippen molar-refractivity contribution >= 4 is 17.7 Å². The summed E-state index contributed by atoms with van der Waals surface area (Å²) in [6, 6.07) is 1.90. The van der Waals surface area contributed by atoms with Crippen LogP contribution in [-0.4, -0.2) is 34.4 Å². The third-order valence-electron chi connectivity index (χ3n) is 6.51. The van der Waals surface area contributed by atoms with E-state index in [1.165, 1.54) is 31.3 Å². The molecule has 6 nitrogen and oxygen atoms in total. The molecule has 1 aliphatic heterocycles. The van der Waals surface area contributed by atoms with Gasteiger partial charge in [-0.2, -0.15) is 0 Å². The molecule has 1 aromatic heterocycles. The average molecular weight is 415 g/mol. The maximum atomic E-state index is 12.6. The number of hydrogen-bond donors (Lipinski definition) is 1. The highest BCUT2D eigenvalue weighted by molar-refractivity contribution is 5.99. The van der Waals surface area contributed by atoms with Crippen molar-refractivity contribution in [3.05, 3.63) is 34.7 Å². The van der Waals surface area contributed by atoms with Crippen LogP contribution < -0.4 is 5.32 Å². The van der Waals surface area contributed by atoms with Crippen LogP contribution >= 0.6 is 0 Å². The van der Waals surface area contributed by atoms with Gasteiger partial charge in [0, 0.05) is 41.9 Å². The van der Waals surface area contributed by atoms with E-state index in [-0.39, 0.29) is 30.3 Å². The second kappa shape index (κ2) is 9.63. The number of ether oxygens (including phenoxy) is 1. The first-order chi connectivity index (χ1) is 14.3. The van der Waals surface area contributed by atoms with E-state index in [1.54, 1.807) is 0 Å². The van der Waals surface area contributed by atoms with Crippen molar-refractivity contribution in [2.24, 2.45) is 0 Å². The van der Waals surface area contributed by atoms with E-state index in [9.17, 15) is 14.4 Å². The number of esters is 1. The van der Waals surface area contributed by atoms with Crippen LogP contribution in [-0.2, 0) is 20.9 Å². The number of carbonyl (C=O) groups is 3. The summed E-state index contributed by atoms with van der Waals surface area (Å²) in [5.41, 5.74) is 3.80. The molecule has 2 heterocycles. The molecule has 0 aromatic carbocycles. The zero-order valence-electron chi connectivity index (χ0n) is 18.5. The molecule has 2 aliphatic rings. The Morgan fingerprint density at radius 2 is 2.03 bits per heavy atom. The molecular weight excluding hydrogens is 380 g/mol. The number of ketones is 1. The van der Waals surface area contributed by atoms with E-state index in [1.807, 2.05) is 26.8 Å². The standard InChI is InChI=1S/C24H34N2O4/c1-17-15-20(18(2)26(17)14-11-19-7-5-4-6-8-19)21(27)16-30-23(29)10-13-24(3)12-9-22(28)25-24/h7,15H,4-6,8-14,16H2,1-3H3,(H,25,28)/t24-/m0/s1. The van der Waals surface area contributed by atoms with E-state index < -0.39 is 5.97 Å². The molecule has 164 valence electrons. The van der Waals surface area contributed by atoms with Crippen LogP contribution in [0.5, 0.6) is 0 Å². The van der Waals surface area contributed by atoms with Gasteiger partial charge in [-0.25, -0.2) is 0 Å². The molecule has 1 amide bonds. The van der Waals surface area contributed by atoms with E-state index in [0.717, 1.165) is 30.8 Å². The lowest BCUT2D eigenvalue weighted by Crippen LogP contribution is -2.38. The van der Waals surface area contributed by atoms with Gasteiger partial charge in [-0.05, 0) is 71.8 Å². The normalized spacial score (nSPS) is 21.3. The Hall–Kier alpha value is -2.37. The molecule has 30 heavy (non-hydrogen) atoms. The fraction of sp³-hybridized carbons (Fsp3) is 0.625. The van der Waals surface area contributed by atoms with Crippen molar-refractivity contribution in [2.45, 2.75) is 90.6 Å². The van der Waals surface area contributed by atoms with Gasteiger partial charge in [-0.1, -0.05) is 11.6 Å². The molecule has 0 saturated carbocycles. The molecule has 0 spiro atoms. The summed E-state index contributed by atoms with van der Waals surface area (Å²) in [6.45, 7) is 6.55. The lowest BCUT2D eigenvalue weighted by Gasteiger charge is -2.23. The molecular formula is C24H34N2O4. The number of Topliss-reactive ketones (excluding diaryl/α,β-unsaturated/α-hetero) is 1. The number of nitrogens with one attached hydrogen (secondary N) is 1.